The van der Waals surface area contributed by atoms with Gasteiger partial charge >= 0.3 is 0 Å². The molecule has 0 atom stereocenters. The van der Waals surface area contributed by atoms with Gasteiger partial charge in [0, 0.05) is 41.6 Å². The van der Waals surface area contributed by atoms with Crippen molar-refractivity contribution in [2.24, 2.45) is 0 Å². The van der Waals surface area contributed by atoms with Crippen LogP contribution in [0.4, 0.5) is 0 Å². The Bertz CT molecular complexity index is 602. The van der Waals surface area contributed by atoms with E-state index in [-0.39, 0.29) is 5.91 Å². The first-order valence-corrected chi connectivity index (χ1v) is 6.89. The molecule has 0 aliphatic carbocycles. The molecule has 104 valence electrons. The van der Waals surface area contributed by atoms with Crippen molar-refractivity contribution in [3.8, 4) is 5.75 Å². The highest BCUT2D eigenvalue weighted by Crippen LogP contribution is 2.24. The summed E-state index contributed by atoms with van der Waals surface area (Å²) < 4.78 is 6.27. The average molecular weight is 335 g/mol. The highest BCUT2D eigenvalue weighted by molar-refractivity contribution is 9.10. The molecule has 2 aromatic rings. The van der Waals surface area contributed by atoms with Gasteiger partial charge in [0.1, 0.15) is 5.75 Å². The molecule has 0 aliphatic heterocycles. The molecular formula is C15H15BrN2O2. The Morgan fingerprint density at radius 1 is 1.30 bits per heavy atom. The lowest BCUT2D eigenvalue weighted by atomic mass is 10.1. The maximum absolute atomic E-state index is 12.3. The van der Waals surface area contributed by atoms with E-state index in [1.54, 1.807) is 43.6 Å². The lowest BCUT2D eigenvalue weighted by Crippen LogP contribution is -2.26. The van der Waals surface area contributed by atoms with E-state index in [0.717, 1.165) is 15.8 Å². The Kier molecular flexibility index (Phi) is 4.74. The predicted molar refractivity (Wildman–Crippen MR) is 80.7 cm³/mol. The number of halogens is 1. The number of nitrogens with zero attached hydrogens (tertiary/aromatic N) is 2. The molecule has 0 saturated carbocycles. The zero-order chi connectivity index (χ0) is 14.5. The van der Waals surface area contributed by atoms with Crippen LogP contribution in [0.25, 0.3) is 0 Å². The van der Waals surface area contributed by atoms with Crippen molar-refractivity contribution >= 4 is 21.8 Å². The van der Waals surface area contributed by atoms with Crippen molar-refractivity contribution in [1.29, 1.82) is 0 Å². The van der Waals surface area contributed by atoms with E-state index in [4.69, 9.17) is 4.74 Å². The highest BCUT2D eigenvalue weighted by Gasteiger charge is 2.14. The molecule has 0 radical (unpaired) electrons. The zero-order valence-electron chi connectivity index (χ0n) is 11.3. The number of hydrogen-bond donors (Lipinski definition) is 0. The van der Waals surface area contributed by atoms with Gasteiger partial charge in [0.2, 0.25) is 0 Å². The molecule has 4 nitrogen and oxygen atoms in total. The first-order chi connectivity index (χ1) is 9.61. The van der Waals surface area contributed by atoms with Gasteiger partial charge in [-0.15, -0.1) is 0 Å². The molecule has 5 heteroatoms. The fourth-order valence-electron chi connectivity index (χ4n) is 1.91. The minimum Gasteiger partial charge on any atom is -0.496 e. The van der Waals surface area contributed by atoms with Crippen molar-refractivity contribution in [2.45, 2.75) is 6.54 Å². The Morgan fingerprint density at radius 2 is 2.00 bits per heavy atom. The number of amides is 1. The van der Waals surface area contributed by atoms with Gasteiger partial charge in [0.15, 0.2) is 0 Å². The summed E-state index contributed by atoms with van der Waals surface area (Å²) in [4.78, 5) is 17.8. The maximum Gasteiger partial charge on any atom is 0.254 e. The number of pyridine rings is 1. The first kappa shape index (κ1) is 14.5. The first-order valence-electron chi connectivity index (χ1n) is 6.09. The van der Waals surface area contributed by atoms with E-state index in [1.165, 1.54) is 0 Å². The molecule has 0 fully saturated rings. The predicted octanol–water partition coefficient (Wildman–Crippen LogP) is 3.12. The van der Waals surface area contributed by atoms with Crippen LogP contribution in [0, 0.1) is 0 Å². The van der Waals surface area contributed by atoms with E-state index in [2.05, 4.69) is 20.9 Å². The van der Waals surface area contributed by atoms with Gasteiger partial charge in [-0.1, -0.05) is 15.9 Å². The quantitative estimate of drug-likeness (QED) is 0.862. The Morgan fingerprint density at radius 3 is 2.65 bits per heavy atom. The average Bonchev–Trinajstić information content (AvgIpc) is 2.47. The van der Waals surface area contributed by atoms with Gasteiger partial charge in [0.25, 0.3) is 5.91 Å². The molecule has 0 saturated heterocycles. The summed E-state index contributed by atoms with van der Waals surface area (Å²) in [6.45, 7) is 0.476. The number of rotatable bonds is 4. The van der Waals surface area contributed by atoms with Crippen LogP contribution in [-0.4, -0.2) is 29.9 Å². The van der Waals surface area contributed by atoms with E-state index >= 15 is 0 Å². The second-order valence-corrected chi connectivity index (χ2v) is 5.27. The third-order valence-electron chi connectivity index (χ3n) is 2.92. The number of benzene rings is 1. The second-order valence-electron chi connectivity index (χ2n) is 4.35. The van der Waals surface area contributed by atoms with Gasteiger partial charge in [-0.05, 0) is 30.3 Å². The monoisotopic (exact) mass is 334 g/mol. The number of aromatic nitrogens is 1. The fraction of sp³-hybridized carbons (Fsp3) is 0.200. The minimum absolute atomic E-state index is 0.0468. The summed E-state index contributed by atoms with van der Waals surface area (Å²) in [6.07, 6.45) is 3.22. The Labute approximate surface area is 126 Å². The molecule has 1 aromatic heterocycles. The summed E-state index contributed by atoms with van der Waals surface area (Å²) >= 11 is 3.43. The summed E-state index contributed by atoms with van der Waals surface area (Å²) in [6, 6.07) is 9.15. The lowest BCUT2D eigenvalue weighted by molar-refractivity contribution is 0.0784. The van der Waals surface area contributed by atoms with Gasteiger partial charge in [-0.3, -0.25) is 9.78 Å². The number of carbonyl (C=O) groups is 1. The molecule has 0 aliphatic rings. The second kappa shape index (κ2) is 6.52. The Hall–Kier alpha value is -1.88. The van der Waals surface area contributed by atoms with Crippen LogP contribution in [0.15, 0.2) is 47.2 Å². The number of ether oxygens (including phenoxy) is 1. The SMILES string of the molecule is COc1ccc(Br)cc1CN(C)C(=O)c1ccncc1. The molecular weight excluding hydrogens is 320 g/mol. The van der Waals surface area contributed by atoms with Crippen molar-refractivity contribution in [3.63, 3.8) is 0 Å². The third kappa shape index (κ3) is 3.36. The van der Waals surface area contributed by atoms with Gasteiger partial charge in [0.05, 0.1) is 7.11 Å². The number of carbonyl (C=O) groups excluding carboxylic acids is 1. The van der Waals surface area contributed by atoms with Crippen molar-refractivity contribution < 1.29 is 9.53 Å². The van der Waals surface area contributed by atoms with Crippen LogP contribution in [0.1, 0.15) is 15.9 Å². The van der Waals surface area contributed by atoms with Crippen molar-refractivity contribution in [1.82, 2.24) is 9.88 Å². The van der Waals surface area contributed by atoms with E-state index in [9.17, 15) is 4.79 Å². The lowest BCUT2D eigenvalue weighted by Gasteiger charge is -2.19. The van der Waals surface area contributed by atoms with Crippen LogP contribution in [0.3, 0.4) is 0 Å². The summed E-state index contributed by atoms with van der Waals surface area (Å²) in [5.74, 6) is 0.719. The van der Waals surface area contributed by atoms with E-state index in [0.29, 0.717) is 12.1 Å². The number of methoxy groups -OCH3 is 1. The molecule has 0 N–H and O–H groups in total. The van der Waals surface area contributed by atoms with E-state index < -0.39 is 0 Å². The third-order valence-corrected chi connectivity index (χ3v) is 3.42. The summed E-state index contributed by atoms with van der Waals surface area (Å²) in [5.41, 5.74) is 1.57. The van der Waals surface area contributed by atoms with Gasteiger partial charge < -0.3 is 9.64 Å². The fourth-order valence-corrected chi connectivity index (χ4v) is 2.32. The van der Waals surface area contributed by atoms with Gasteiger partial charge in [-0.25, -0.2) is 0 Å². The molecule has 1 aromatic carbocycles. The van der Waals surface area contributed by atoms with Crippen molar-refractivity contribution in [2.75, 3.05) is 14.2 Å². The molecule has 2 rings (SSSR count). The normalized spacial score (nSPS) is 10.2. The minimum atomic E-state index is -0.0468. The number of hydrogen-bond acceptors (Lipinski definition) is 3. The smallest absolute Gasteiger partial charge is 0.254 e. The van der Waals surface area contributed by atoms with Crippen LogP contribution >= 0.6 is 15.9 Å². The standard InChI is InChI=1S/C15H15BrN2O2/c1-18(15(19)11-5-7-17-8-6-11)10-12-9-13(16)3-4-14(12)20-2/h3-9H,10H2,1-2H3. The Balaban J connectivity index is 2.17. The van der Waals surface area contributed by atoms with Crippen LogP contribution in [0.2, 0.25) is 0 Å². The van der Waals surface area contributed by atoms with Gasteiger partial charge in [-0.2, -0.15) is 0 Å². The molecule has 0 bridgehead atoms. The highest BCUT2D eigenvalue weighted by atomic mass is 79.9. The molecule has 1 heterocycles. The zero-order valence-corrected chi connectivity index (χ0v) is 12.9. The molecule has 20 heavy (non-hydrogen) atoms. The molecule has 1 amide bonds. The van der Waals surface area contributed by atoms with Crippen LogP contribution < -0.4 is 4.74 Å². The summed E-state index contributed by atoms with van der Waals surface area (Å²) in [7, 11) is 3.39. The maximum atomic E-state index is 12.3. The van der Waals surface area contributed by atoms with E-state index in [1.807, 2.05) is 18.2 Å². The molecule has 0 unspecified atom stereocenters. The summed E-state index contributed by atoms with van der Waals surface area (Å²) in [5, 5.41) is 0. The largest absolute Gasteiger partial charge is 0.496 e. The topological polar surface area (TPSA) is 42.4 Å². The van der Waals surface area contributed by atoms with Crippen molar-refractivity contribution in [3.05, 3.63) is 58.3 Å². The van der Waals surface area contributed by atoms with Crippen LogP contribution in [0.5, 0.6) is 5.75 Å². The molecule has 0 spiro atoms. The van der Waals surface area contributed by atoms with Crippen LogP contribution in [-0.2, 0) is 6.54 Å².